The van der Waals surface area contributed by atoms with E-state index in [1.54, 1.807) is 0 Å². The van der Waals surface area contributed by atoms with Crippen molar-refractivity contribution in [2.45, 2.75) is 31.4 Å². The van der Waals surface area contributed by atoms with Crippen molar-refractivity contribution >= 4 is 5.96 Å². The van der Waals surface area contributed by atoms with Crippen LogP contribution in [-0.2, 0) is 4.74 Å². The fourth-order valence-electron chi connectivity index (χ4n) is 2.70. The lowest BCUT2D eigenvalue weighted by molar-refractivity contribution is 0.117. The topological polar surface area (TPSA) is 68.9 Å². The van der Waals surface area contributed by atoms with Gasteiger partial charge in [-0.15, -0.1) is 0 Å². The van der Waals surface area contributed by atoms with Crippen molar-refractivity contribution in [3.63, 3.8) is 0 Å². The number of nitrogens with two attached hydrogens (primary N) is 1. The van der Waals surface area contributed by atoms with Gasteiger partial charge in [0.25, 0.3) is 0 Å². The molecule has 0 radical (unpaired) electrons. The van der Waals surface area contributed by atoms with Crippen molar-refractivity contribution in [2.24, 2.45) is 10.7 Å². The van der Waals surface area contributed by atoms with Gasteiger partial charge in [-0.3, -0.25) is 4.99 Å². The first-order valence-electron chi connectivity index (χ1n) is 7.23. The molecule has 2 aliphatic rings. The van der Waals surface area contributed by atoms with E-state index >= 15 is 0 Å². The van der Waals surface area contributed by atoms with Crippen LogP contribution in [0.25, 0.3) is 0 Å². The summed E-state index contributed by atoms with van der Waals surface area (Å²) < 4.78 is 11.2. The van der Waals surface area contributed by atoms with Gasteiger partial charge in [-0.2, -0.15) is 0 Å². The van der Waals surface area contributed by atoms with E-state index < -0.39 is 0 Å². The summed E-state index contributed by atoms with van der Waals surface area (Å²) in [5, 5.41) is 3.29. The maximum Gasteiger partial charge on any atom is 0.189 e. The van der Waals surface area contributed by atoms with E-state index in [1.807, 2.05) is 18.2 Å². The van der Waals surface area contributed by atoms with Gasteiger partial charge in [0.15, 0.2) is 5.96 Å². The summed E-state index contributed by atoms with van der Waals surface area (Å²) in [4.78, 5) is 4.39. The molecule has 5 heteroatoms. The minimum atomic E-state index is 0.174. The van der Waals surface area contributed by atoms with Crippen molar-refractivity contribution < 1.29 is 9.47 Å². The second kappa shape index (κ2) is 6.13. The average molecular weight is 275 g/mol. The second-order valence-corrected chi connectivity index (χ2v) is 5.23. The third kappa shape index (κ3) is 3.04. The summed E-state index contributed by atoms with van der Waals surface area (Å²) >= 11 is 0. The van der Waals surface area contributed by atoms with Gasteiger partial charge < -0.3 is 20.5 Å². The molecule has 1 aromatic carbocycles. The Morgan fingerprint density at radius 3 is 3.05 bits per heavy atom. The highest BCUT2D eigenvalue weighted by Gasteiger charge is 2.21. The lowest BCUT2D eigenvalue weighted by atomic mass is 10.0. The molecule has 2 atom stereocenters. The van der Waals surface area contributed by atoms with Gasteiger partial charge in [-0.25, -0.2) is 0 Å². The highest BCUT2D eigenvalue weighted by molar-refractivity contribution is 5.78. The molecule has 0 saturated carbocycles. The fourth-order valence-corrected chi connectivity index (χ4v) is 2.70. The number of hydrogen-bond acceptors (Lipinski definition) is 3. The lowest BCUT2D eigenvalue weighted by Gasteiger charge is -2.27. The fraction of sp³-hybridized carbons (Fsp3) is 0.533. The zero-order chi connectivity index (χ0) is 13.8. The minimum absolute atomic E-state index is 0.174. The molecule has 1 saturated heterocycles. The van der Waals surface area contributed by atoms with Gasteiger partial charge in [-0.1, -0.05) is 18.2 Å². The number of aliphatic imine (C=N–C) groups is 1. The van der Waals surface area contributed by atoms with Crippen molar-refractivity contribution in [1.82, 2.24) is 5.32 Å². The van der Waals surface area contributed by atoms with Crippen LogP contribution in [-0.4, -0.2) is 31.8 Å². The normalized spacial score (nSPS) is 25.9. The first-order chi connectivity index (χ1) is 9.83. The van der Waals surface area contributed by atoms with Crippen molar-refractivity contribution in [3.8, 4) is 5.75 Å². The molecule has 2 unspecified atom stereocenters. The van der Waals surface area contributed by atoms with E-state index in [0.717, 1.165) is 37.2 Å². The summed E-state index contributed by atoms with van der Waals surface area (Å²) in [6.07, 6.45) is 3.34. The molecule has 0 aromatic heterocycles. The molecule has 1 fully saturated rings. The zero-order valence-electron chi connectivity index (χ0n) is 11.5. The number of para-hydroxylation sites is 1. The largest absolute Gasteiger partial charge is 0.493 e. The van der Waals surface area contributed by atoms with Gasteiger partial charge >= 0.3 is 0 Å². The molecule has 20 heavy (non-hydrogen) atoms. The van der Waals surface area contributed by atoms with E-state index in [4.69, 9.17) is 15.2 Å². The molecule has 1 aromatic rings. The number of nitrogens with one attached hydrogen (secondary N) is 1. The number of nitrogens with zero attached hydrogens (tertiary/aromatic N) is 1. The first kappa shape index (κ1) is 13.2. The monoisotopic (exact) mass is 275 g/mol. The summed E-state index contributed by atoms with van der Waals surface area (Å²) in [6, 6.07) is 8.23. The molecule has 108 valence electrons. The Kier molecular flexibility index (Phi) is 4.06. The minimum Gasteiger partial charge on any atom is -0.493 e. The highest BCUT2D eigenvalue weighted by Crippen LogP contribution is 2.31. The maximum absolute atomic E-state index is 5.98. The van der Waals surface area contributed by atoms with Crippen LogP contribution < -0.4 is 15.8 Å². The van der Waals surface area contributed by atoms with Gasteiger partial charge in [0.1, 0.15) is 5.75 Å². The van der Waals surface area contributed by atoms with Crippen LogP contribution in [0.1, 0.15) is 30.9 Å². The summed E-state index contributed by atoms with van der Waals surface area (Å²) in [5.41, 5.74) is 7.13. The molecule has 2 heterocycles. The summed E-state index contributed by atoms with van der Waals surface area (Å²) in [6.45, 7) is 2.19. The van der Waals surface area contributed by atoms with E-state index in [1.165, 1.54) is 0 Å². The maximum atomic E-state index is 5.98. The Labute approximate surface area is 119 Å². The second-order valence-electron chi connectivity index (χ2n) is 5.23. The van der Waals surface area contributed by atoms with Crippen LogP contribution in [0.5, 0.6) is 5.75 Å². The smallest absolute Gasteiger partial charge is 0.189 e. The van der Waals surface area contributed by atoms with Crippen molar-refractivity contribution in [1.29, 1.82) is 0 Å². The number of fused-ring (bicyclic) bond motifs is 1. The molecule has 0 bridgehead atoms. The van der Waals surface area contributed by atoms with Gasteiger partial charge in [0.2, 0.25) is 0 Å². The number of rotatable bonds is 3. The van der Waals surface area contributed by atoms with E-state index in [-0.39, 0.29) is 12.1 Å². The standard InChI is InChI=1S/C15H21N3O2/c16-15(17-10-11-4-3-8-19-11)18-13-7-9-20-14-6-2-1-5-12(13)14/h1-2,5-6,11,13H,3-4,7-10H2,(H3,16,17,18). The molecule has 3 rings (SSSR count). The number of ether oxygens (including phenoxy) is 2. The predicted octanol–water partition coefficient (Wildman–Crippen LogP) is 1.59. The van der Waals surface area contributed by atoms with Gasteiger partial charge in [0.05, 0.1) is 25.3 Å². The molecule has 0 aliphatic carbocycles. The summed E-state index contributed by atoms with van der Waals surface area (Å²) in [7, 11) is 0. The van der Waals surface area contributed by atoms with Crippen LogP contribution in [0.15, 0.2) is 29.3 Å². The third-order valence-corrected chi connectivity index (χ3v) is 3.77. The number of benzene rings is 1. The Balaban J connectivity index is 1.61. The molecule has 5 nitrogen and oxygen atoms in total. The Hall–Kier alpha value is -1.75. The molecule has 2 aliphatic heterocycles. The Morgan fingerprint density at radius 1 is 1.30 bits per heavy atom. The van der Waals surface area contributed by atoms with Crippen molar-refractivity contribution in [2.75, 3.05) is 19.8 Å². The van der Waals surface area contributed by atoms with Crippen LogP contribution in [0, 0.1) is 0 Å². The SMILES string of the molecule is NC(=NCC1CCCO1)NC1CCOc2ccccc21. The van der Waals surface area contributed by atoms with E-state index in [2.05, 4.69) is 16.4 Å². The van der Waals surface area contributed by atoms with Crippen LogP contribution >= 0.6 is 0 Å². The summed E-state index contributed by atoms with van der Waals surface area (Å²) in [5.74, 6) is 1.42. The molecule has 3 N–H and O–H groups in total. The van der Waals surface area contributed by atoms with E-state index in [0.29, 0.717) is 19.1 Å². The predicted molar refractivity (Wildman–Crippen MR) is 77.9 cm³/mol. The van der Waals surface area contributed by atoms with Gasteiger partial charge in [-0.05, 0) is 18.9 Å². The third-order valence-electron chi connectivity index (χ3n) is 3.77. The van der Waals surface area contributed by atoms with Gasteiger partial charge in [0, 0.05) is 18.6 Å². The molecule has 0 spiro atoms. The highest BCUT2D eigenvalue weighted by atomic mass is 16.5. The van der Waals surface area contributed by atoms with Crippen LogP contribution in [0.4, 0.5) is 0 Å². The van der Waals surface area contributed by atoms with Crippen molar-refractivity contribution in [3.05, 3.63) is 29.8 Å². The number of hydrogen-bond donors (Lipinski definition) is 2. The van der Waals surface area contributed by atoms with Crippen LogP contribution in [0.2, 0.25) is 0 Å². The Morgan fingerprint density at radius 2 is 2.20 bits per heavy atom. The zero-order valence-corrected chi connectivity index (χ0v) is 11.5. The Bertz CT molecular complexity index is 484. The molecule has 0 amide bonds. The first-order valence-corrected chi connectivity index (χ1v) is 7.23. The lowest BCUT2D eigenvalue weighted by Crippen LogP contribution is -2.37. The quantitative estimate of drug-likeness (QED) is 0.649. The van der Waals surface area contributed by atoms with E-state index in [9.17, 15) is 0 Å². The average Bonchev–Trinajstić information content (AvgIpc) is 2.99. The molecular formula is C15H21N3O2. The number of guanidine groups is 1. The molecular weight excluding hydrogens is 254 g/mol. The van der Waals surface area contributed by atoms with Crippen LogP contribution in [0.3, 0.4) is 0 Å².